The molecule has 0 heterocycles. The Morgan fingerprint density at radius 3 is 2.46 bits per heavy atom. The van der Waals surface area contributed by atoms with Crippen molar-refractivity contribution < 1.29 is 18.4 Å². The topological polar surface area (TPSA) is 122 Å². The monoisotopic (exact) mass is 351 g/mol. The smallest absolute Gasteiger partial charge is 0.294 e. The number of rotatable bonds is 8. The number of aliphatic hydroxyl groups is 1. The van der Waals surface area contributed by atoms with Crippen molar-refractivity contribution in [1.82, 2.24) is 0 Å². The van der Waals surface area contributed by atoms with E-state index in [4.69, 9.17) is 5.11 Å². The normalized spacial score (nSPS) is 11.0. The van der Waals surface area contributed by atoms with Gasteiger partial charge in [-0.3, -0.25) is 14.8 Å². The number of hydrogen-bond donors (Lipinski definition) is 3. The molecule has 0 amide bonds. The lowest BCUT2D eigenvalue weighted by molar-refractivity contribution is -0.383. The molecule has 0 radical (unpaired) electrons. The minimum atomic E-state index is -3.82. The molecule has 0 atom stereocenters. The molecule has 0 spiro atoms. The Morgan fingerprint density at radius 2 is 1.83 bits per heavy atom. The van der Waals surface area contributed by atoms with Crippen molar-refractivity contribution in [3.8, 4) is 0 Å². The van der Waals surface area contributed by atoms with Crippen LogP contribution in [-0.2, 0) is 10.0 Å². The number of sulfonamides is 1. The second kappa shape index (κ2) is 7.75. The highest BCUT2D eigenvalue weighted by molar-refractivity contribution is 7.92. The molecule has 0 aromatic heterocycles. The van der Waals surface area contributed by atoms with Gasteiger partial charge < -0.3 is 10.4 Å². The summed E-state index contributed by atoms with van der Waals surface area (Å²) in [6, 6.07) is 11.8. The summed E-state index contributed by atoms with van der Waals surface area (Å²) in [6.45, 7) is 0.336. The van der Waals surface area contributed by atoms with Gasteiger partial charge in [0.05, 0.1) is 15.5 Å². The van der Waals surface area contributed by atoms with Gasteiger partial charge in [-0.1, -0.05) is 18.2 Å². The predicted molar refractivity (Wildman–Crippen MR) is 90.5 cm³/mol. The zero-order valence-electron chi connectivity index (χ0n) is 12.7. The summed E-state index contributed by atoms with van der Waals surface area (Å²) in [6.07, 6.45) is 0.444. The first-order valence-corrected chi connectivity index (χ1v) is 8.63. The van der Waals surface area contributed by atoms with Crippen LogP contribution in [0.25, 0.3) is 0 Å². The third-order valence-electron chi connectivity index (χ3n) is 3.15. The Labute approximate surface area is 139 Å². The lowest BCUT2D eigenvalue weighted by Crippen LogP contribution is -2.13. The molecular weight excluding hydrogens is 334 g/mol. The van der Waals surface area contributed by atoms with Gasteiger partial charge in [-0.25, -0.2) is 8.42 Å². The third kappa shape index (κ3) is 4.43. The van der Waals surface area contributed by atoms with Gasteiger partial charge in [0.2, 0.25) is 0 Å². The molecule has 0 saturated heterocycles. The van der Waals surface area contributed by atoms with Crippen LogP contribution >= 0.6 is 0 Å². The maximum atomic E-state index is 12.3. The van der Waals surface area contributed by atoms with Crippen molar-refractivity contribution >= 4 is 27.1 Å². The van der Waals surface area contributed by atoms with Crippen LogP contribution in [0.1, 0.15) is 6.42 Å². The second-order valence-corrected chi connectivity index (χ2v) is 6.59. The Hall–Kier alpha value is -2.65. The van der Waals surface area contributed by atoms with E-state index in [0.717, 1.165) is 6.07 Å². The van der Waals surface area contributed by atoms with E-state index >= 15 is 0 Å². The quantitative estimate of drug-likeness (QED) is 0.381. The molecular formula is C15H17N3O5S. The van der Waals surface area contributed by atoms with E-state index < -0.39 is 14.9 Å². The van der Waals surface area contributed by atoms with Crippen LogP contribution in [0.5, 0.6) is 0 Å². The van der Waals surface area contributed by atoms with E-state index in [1.54, 1.807) is 18.2 Å². The summed E-state index contributed by atoms with van der Waals surface area (Å²) < 4.78 is 26.8. The van der Waals surface area contributed by atoms with Crippen LogP contribution in [0.2, 0.25) is 0 Å². The van der Waals surface area contributed by atoms with Crippen molar-refractivity contribution in [1.29, 1.82) is 0 Å². The molecule has 0 fully saturated rings. The Morgan fingerprint density at radius 1 is 1.12 bits per heavy atom. The average molecular weight is 351 g/mol. The van der Waals surface area contributed by atoms with Gasteiger partial charge in [0.1, 0.15) is 5.69 Å². The maximum absolute atomic E-state index is 12.3. The van der Waals surface area contributed by atoms with Crippen molar-refractivity contribution in [3.05, 3.63) is 58.6 Å². The fourth-order valence-electron chi connectivity index (χ4n) is 2.01. The van der Waals surface area contributed by atoms with E-state index in [1.807, 2.05) is 0 Å². The summed E-state index contributed by atoms with van der Waals surface area (Å²) in [5.41, 5.74) is 0.107. The number of benzene rings is 2. The van der Waals surface area contributed by atoms with Gasteiger partial charge in [0.25, 0.3) is 15.7 Å². The fraction of sp³-hybridized carbons (Fsp3) is 0.200. The summed E-state index contributed by atoms with van der Waals surface area (Å²) in [4.78, 5) is 10.7. The number of nitro groups is 1. The van der Waals surface area contributed by atoms with Crippen LogP contribution in [-0.4, -0.2) is 31.6 Å². The lowest BCUT2D eigenvalue weighted by atomic mass is 10.2. The van der Waals surface area contributed by atoms with Gasteiger partial charge in [-0.15, -0.1) is 0 Å². The first-order valence-electron chi connectivity index (χ1n) is 7.15. The molecule has 9 heteroatoms. The third-order valence-corrected chi connectivity index (χ3v) is 4.55. The molecule has 8 nitrogen and oxygen atoms in total. The summed E-state index contributed by atoms with van der Waals surface area (Å²) in [5.74, 6) is 0. The van der Waals surface area contributed by atoms with Crippen molar-refractivity contribution in [2.45, 2.75) is 11.3 Å². The van der Waals surface area contributed by atoms with Crippen LogP contribution in [0.4, 0.5) is 17.1 Å². The highest BCUT2D eigenvalue weighted by Gasteiger charge is 2.18. The van der Waals surface area contributed by atoms with Crippen LogP contribution in [0.3, 0.4) is 0 Å². The van der Waals surface area contributed by atoms with Crippen LogP contribution in [0, 0.1) is 10.1 Å². The number of nitrogens with one attached hydrogen (secondary N) is 2. The Kier molecular flexibility index (Phi) is 5.72. The van der Waals surface area contributed by atoms with E-state index in [-0.39, 0.29) is 28.6 Å². The highest BCUT2D eigenvalue weighted by atomic mass is 32.2. The number of anilines is 2. The minimum absolute atomic E-state index is 0.0320. The van der Waals surface area contributed by atoms with Crippen molar-refractivity contribution in [3.63, 3.8) is 0 Å². The molecule has 2 rings (SSSR count). The second-order valence-electron chi connectivity index (χ2n) is 4.91. The van der Waals surface area contributed by atoms with E-state index in [0.29, 0.717) is 13.0 Å². The number of nitrogens with zero attached hydrogens (tertiary/aromatic N) is 1. The van der Waals surface area contributed by atoms with Gasteiger partial charge >= 0.3 is 0 Å². The molecule has 0 bridgehead atoms. The molecule has 0 aliphatic heterocycles. The summed E-state index contributed by atoms with van der Waals surface area (Å²) >= 11 is 0. The molecule has 24 heavy (non-hydrogen) atoms. The van der Waals surface area contributed by atoms with Gasteiger partial charge in [0, 0.05) is 19.2 Å². The van der Waals surface area contributed by atoms with E-state index in [2.05, 4.69) is 10.0 Å². The van der Waals surface area contributed by atoms with Crippen molar-refractivity contribution in [2.24, 2.45) is 0 Å². The van der Waals surface area contributed by atoms with Crippen LogP contribution in [0.15, 0.2) is 53.4 Å². The number of hydrogen-bond acceptors (Lipinski definition) is 6. The molecule has 0 aliphatic carbocycles. The molecule has 3 N–H and O–H groups in total. The highest BCUT2D eigenvalue weighted by Crippen LogP contribution is 2.29. The van der Waals surface area contributed by atoms with E-state index in [1.165, 1.54) is 24.3 Å². The summed E-state index contributed by atoms with van der Waals surface area (Å²) in [5, 5.41) is 22.8. The Bertz CT molecular complexity index is 809. The molecule has 0 aliphatic rings. The standard InChI is InChI=1S/C15H17N3O5S/c19-10-4-9-16-14-8-7-12(11-15(14)18(20)21)17-24(22,23)13-5-2-1-3-6-13/h1-3,5-8,11,16-17,19H,4,9-10H2. The van der Waals surface area contributed by atoms with Crippen molar-refractivity contribution in [2.75, 3.05) is 23.2 Å². The molecule has 128 valence electrons. The summed E-state index contributed by atoms with van der Waals surface area (Å²) in [7, 11) is -3.82. The average Bonchev–Trinajstić information content (AvgIpc) is 2.56. The molecule has 0 unspecified atom stereocenters. The SMILES string of the molecule is O=[N+]([O-])c1cc(NS(=O)(=O)c2ccccc2)ccc1NCCCO. The van der Waals surface area contributed by atoms with Gasteiger partial charge in [-0.2, -0.15) is 0 Å². The first kappa shape index (κ1) is 17.7. The number of aliphatic hydroxyl groups excluding tert-OH is 1. The first-order chi connectivity index (χ1) is 11.4. The zero-order valence-corrected chi connectivity index (χ0v) is 13.5. The zero-order chi connectivity index (χ0) is 17.6. The van der Waals surface area contributed by atoms with Gasteiger partial charge in [-0.05, 0) is 30.7 Å². The molecule has 2 aromatic carbocycles. The van der Waals surface area contributed by atoms with E-state index in [9.17, 15) is 18.5 Å². The lowest BCUT2D eigenvalue weighted by Gasteiger charge is -2.10. The number of nitro benzene ring substituents is 1. The van der Waals surface area contributed by atoms with Gasteiger partial charge in [0.15, 0.2) is 0 Å². The maximum Gasteiger partial charge on any atom is 0.294 e. The molecule has 2 aromatic rings. The molecule has 0 saturated carbocycles. The minimum Gasteiger partial charge on any atom is -0.396 e. The Balaban J connectivity index is 2.25. The fourth-order valence-corrected chi connectivity index (χ4v) is 3.08. The predicted octanol–water partition coefficient (Wildman–Crippen LogP) is 2.19. The largest absolute Gasteiger partial charge is 0.396 e. The van der Waals surface area contributed by atoms with Crippen LogP contribution < -0.4 is 10.0 Å².